The Balaban J connectivity index is 1.59. The topological polar surface area (TPSA) is 92.3 Å². The van der Waals surface area contributed by atoms with Gasteiger partial charge in [-0.2, -0.15) is 0 Å². The van der Waals surface area contributed by atoms with Crippen molar-refractivity contribution in [2.75, 3.05) is 23.4 Å². The number of hydrogen-bond acceptors (Lipinski definition) is 5. The third-order valence-electron chi connectivity index (χ3n) is 4.23. The van der Waals surface area contributed by atoms with Crippen LogP contribution in [0.5, 0.6) is 0 Å². The van der Waals surface area contributed by atoms with Crippen molar-refractivity contribution < 1.29 is 26.8 Å². The van der Waals surface area contributed by atoms with E-state index in [1.807, 2.05) is 0 Å². The van der Waals surface area contributed by atoms with E-state index < -0.39 is 33.3 Å². The van der Waals surface area contributed by atoms with Crippen molar-refractivity contribution >= 4 is 39.1 Å². The molecule has 1 heterocycles. The minimum absolute atomic E-state index is 0.0709. The summed E-state index contributed by atoms with van der Waals surface area (Å²) in [4.78, 5) is 25.1. The van der Waals surface area contributed by atoms with Gasteiger partial charge in [0.25, 0.3) is 5.91 Å². The lowest BCUT2D eigenvalue weighted by molar-refractivity contribution is -0.115. The van der Waals surface area contributed by atoms with E-state index >= 15 is 0 Å². The van der Waals surface area contributed by atoms with Crippen molar-refractivity contribution in [2.45, 2.75) is 16.6 Å². The molecule has 0 unspecified atom stereocenters. The van der Waals surface area contributed by atoms with Gasteiger partial charge >= 0.3 is 0 Å². The zero-order valence-electron chi connectivity index (χ0n) is 15.2. The average Bonchev–Trinajstić information content (AvgIpc) is 3.01. The Morgan fingerprint density at radius 2 is 1.86 bits per heavy atom. The summed E-state index contributed by atoms with van der Waals surface area (Å²) in [5, 5.41) is 4.72. The molecule has 1 aliphatic heterocycles. The van der Waals surface area contributed by atoms with Crippen LogP contribution in [0.2, 0.25) is 0 Å². The van der Waals surface area contributed by atoms with Gasteiger partial charge in [0, 0.05) is 21.9 Å². The van der Waals surface area contributed by atoms with Crippen LogP contribution in [-0.2, 0) is 14.6 Å². The lowest BCUT2D eigenvalue weighted by Gasteiger charge is -2.13. The van der Waals surface area contributed by atoms with Gasteiger partial charge in [-0.05, 0) is 30.7 Å². The molecule has 0 saturated carbocycles. The Hall–Kier alpha value is -2.46. The van der Waals surface area contributed by atoms with E-state index in [9.17, 15) is 26.8 Å². The molecule has 2 N–H and O–H groups in total. The quantitative estimate of drug-likeness (QED) is 0.721. The van der Waals surface area contributed by atoms with Gasteiger partial charge in [0.1, 0.15) is 0 Å². The average molecular weight is 440 g/mol. The van der Waals surface area contributed by atoms with E-state index in [0.717, 1.165) is 12.1 Å². The first-order chi connectivity index (χ1) is 13.7. The number of rotatable bonds is 6. The molecular weight excluding hydrogens is 422 g/mol. The maximum absolute atomic E-state index is 13.2. The second-order valence-electron chi connectivity index (χ2n) is 6.50. The Labute approximate surface area is 171 Å². The molecule has 2 aromatic carbocycles. The number of sulfone groups is 1. The monoisotopic (exact) mass is 440 g/mol. The molecule has 3 rings (SSSR count). The van der Waals surface area contributed by atoms with Crippen LogP contribution in [0.1, 0.15) is 16.8 Å². The predicted molar refractivity (Wildman–Crippen MR) is 107 cm³/mol. The molecule has 0 aliphatic carbocycles. The number of hydrogen-bond donors (Lipinski definition) is 2. The van der Waals surface area contributed by atoms with Gasteiger partial charge in [0.2, 0.25) is 5.91 Å². The Bertz CT molecular complexity index is 1040. The first kappa shape index (κ1) is 21.3. The molecule has 2 amide bonds. The summed E-state index contributed by atoms with van der Waals surface area (Å²) in [6, 6.07) is 9.68. The molecule has 2 aromatic rings. The second-order valence-corrected chi connectivity index (χ2v) is 10.1. The molecule has 1 fully saturated rings. The molecule has 6 nitrogen and oxygen atoms in total. The van der Waals surface area contributed by atoms with Crippen molar-refractivity contribution in [3.05, 3.63) is 59.7 Å². The Morgan fingerprint density at radius 3 is 2.55 bits per heavy atom. The summed E-state index contributed by atoms with van der Waals surface area (Å²) in [5.74, 6) is -2.99. The van der Waals surface area contributed by atoms with Crippen LogP contribution in [0.3, 0.4) is 0 Å². The molecular formula is C19H18F2N2O4S2. The molecule has 0 aromatic heterocycles. The van der Waals surface area contributed by atoms with Crippen LogP contribution in [0, 0.1) is 11.6 Å². The third-order valence-corrected chi connectivity index (χ3v) is 7.55. The van der Waals surface area contributed by atoms with Gasteiger partial charge in [-0.3, -0.25) is 9.59 Å². The molecule has 0 radical (unpaired) electrons. The van der Waals surface area contributed by atoms with Gasteiger partial charge in [-0.25, -0.2) is 17.2 Å². The first-order valence-electron chi connectivity index (χ1n) is 8.73. The van der Waals surface area contributed by atoms with Crippen LogP contribution in [0.25, 0.3) is 0 Å². The lowest BCUT2D eigenvalue weighted by Crippen LogP contribution is -2.33. The molecule has 29 heavy (non-hydrogen) atoms. The van der Waals surface area contributed by atoms with Crippen molar-refractivity contribution in [2.24, 2.45) is 0 Å². The summed E-state index contributed by atoms with van der Waals surface area (Å²) >= 11 is 1.33. The number of carbonyl (C=O) groups is 2. The Kier molecular flexibility index (Phi) is 6.53. The molecule has 1 saturated heterocycles. The zero-order valence-corrected chi connectivity index (χ0v) is 16.8. The van der Waals surface area contributed by atoms with Crippen molar-refractivity contribution in [1.29, 1.82) is 0 Å². The van der Waals surface area contributed by atoms with Crippen molar-refractivity contribution in [3.63, 3.8) is 0 Å². The van der Waals surface area contributed by atoms with Crippen molar-refractivity contribution in [3.8, 4) is 0 Å². The molecule has 1 aliphatic rings. The van der Waals surface area contributed by atoms with Gasteiger partial charge < -0.3 is 10.6 Å². The van der Waals surface area contributed by atoms with Crippen LogP contribution in [0.4, 0.5) is 14.5 Å². The van der Waals surface area contributed by atoms with Crippen LogP contribution in [0.15, 0.2) is 47.4 Å². The van der Waals surface area contributed by atoms with E-state index in [1.54, 1.807) is 24.3 Å². The minimum atomic E-state index is -3.03. The molecule has 0 bridgehead atoms. The molecule has 0 spiro atoms. The summed E-state index contributed by atoms with van der Waals surface area (Å²) < 4.78 is 49.4. The predicted octanol–water partition coefficient (Wildman–Crippen LogP) is 2.61. The fraction of sp³-hybridized carbons (Fsp3) is 0.263. The highest BCUT2D eigenvalue weighted by Gasteiger charge is 2.29. The van der Waals surface area contributed by atoms with Gasteiger partial charge in [-0.15, -0.1) is 11.8 Å². The van der Waals surface area contributed by atoms with E-state index in [4.69, 9.17) is 0 Å². The van der Waals surface area contributed by atoms with E-state index in [0.29, 0.717) is 16.9 Å². The number of carbonyl (C=O) groups excluding carboxylic acids is 2. The van der Waals surface area contributed by atoms with E-state index in [-0.39, 0.29) is 29.0 Å². The van der Waals surface area contributed by atoms with Gasteiger partial charge in [-0.1, -0.05) is 12.1 Å². The van der Waals surface area contributed by atoms with Gasteiger partial charge in [0.15, 0.2) is 21.5 Å². The maximum atomic E-state index is 13.2. The highest BCUT2D eigenvalue weighted by Crippen LogP contribution is 2.33. The number of anilines is 1. The summed E-state index contributed by atoms with van der Waals surface area (Å²) in [5.41, 5.74) is 0.406. The molecule has 1 atom stereocenters. The normalized spacial score (nSPS) is 17.7. The number of thioether (sulfide) groups is 1. The third kappa shape index (κ3) is 5.77. The lowest BCUT2D eigenvalue weighted by atomic mass is 10.2. The number of nitrogens with one attached hydrogen (secondary N) is 2. The fourth-order valence-electron chi connectivity index (χ4n) is 2.83. The molecule has 10 heteroatoms. The Morgan fingerprint density at radius 1 is 1.10 bits per heavy atom. The van der Waals surface area contributed by atoms with Gasteiger partial charge in [0.05, 0.1) is 23.6 Å². The number of benzene rings is 2. The summed E-state index contributed by atoms with van der Waals surface area (Å²) in [6.45, 7) is -0.366. The van der Waals surface area contributed by atoms with Crippen molar-refractivity contribution in [1.82, 2.24) is 5.32 Å². The number of halogens is 2. The maximum Gasteiger partial charge on any atom is 0.252 e. The smallest absolute Gasteiger partial charge is 0.252 e. The molecule has 154 valence electrons. The minimum Gasteiger partial charge on any atom is -0.343 e. The second kappa shape index (κ2) is 8.91. The van der Waals surface area contributed by atoms with Crippen LogP contribution < -0.4 is 10.6 Å². The van der Waals surface area contributed by atoms with Crippen LogP contribution >= 0.6 is 11.8 Å². The summed E-state index contributed by atoms with van der Waals surface area (Å²) in [7, 11) is -3.03. The first-order valence-corrected chi connectivity index (χ1v) is 11.4. The standard InChI is InChI=1S/C19H18F2N2O4S2/c20-15-6-5-12(9-16(15)21)23-18(24)10-22-19(25)14-3-1-2-4-17(14)28-13-7-8-29(26,27)11-13/h1-6,9,13H,7-8,10-11H2,(H,22,25)(H,23,24)/t13-/m0/s1. The SMILES string of the molecule is O=C(CNC(=O)c1ccccc1S[C@H]1CCS(=O)(=O)C1)Nc1ccc(F)c(F)c1. The highest BCUT2D eigenvalue weighted by atomic mass is 32.2. The van der Waals surface area contributed by atoms with E-state index in [1.165, 1.54) is 17.8 Å². The largest absolute Gasteiger partial charge is 0.343 e. The zero-order chi connectivity index (χ0) is 21.0. The number of amides is 2. The summed E-state index contributed by atoms with van der Waals surface area (Å²) in [6.07, 6.45) is 0.527. The van der Waals surface area contributed by atoms with E-state index in [2.05, 4.69) is 10.6 Å². The fourth-order valence-corrected chi connectivity index (χ4v) is 6.45. The van der Waals surface area contributed by atoms with Crippen LogP contribution in [-0.4, -0.2) is 43.5 Å². The highest BCUT2D eigenvalue weighted by molar-refractivity contribution is 8.02.